The zero-order chi connectivity index (χ0) is 30.7. The molecule has 2 aliphatic rings. The molecule has 1 N–H and O–H groups in total. The van der Waals surface area contributed by atoms with Crippen molar-refractivity contribution < 1.29 is 18.8 Å². The second kappa shape index (κ2) is 10.7. The average molecular weight is 600 g/mol. The Morgan fingerprint density at radius 1 is 0.953 bits per heavy atom. The molecule has 0 saturated carbocycles. The number of hydrogen-bond acceptors (Lipinski definition) is 5. The Morgan fingerprint density at radius 3 is 2.23 bits per heavy atom. The highest BCUT2D eigenvalue weighted by molar-refractivity contribution is 6.62. The number of carbonyl (C=O) groups excluding carboxylic acids is 1. The van der Waals surface area contributed by atoms with Gasteiger partial charge in [-0.25, -0.2) is 9.78 Å². The van der Waals surface area contributed by atoms with E-state index >= 15 is 0 Å². The van der Waals surface area contributed by atoms with Gasteiger partial charge in [0.2, 0.25) is 0 Å². The van der Waals surface area contributed by atoms with Crippen molar-refractivity contribution in [3.05, 3.63) is 71.6 Å². The first kappa shape index (κ1) is 29.7. The maximum absolute atomic E-state index is 12.8. The fourth-order valence-corrected chi connectivity index (χ4v) is 5.95. The van der Waals surface area contributed by atoms with Gasteiger partial charge in [-0.2, -0.15) is 0 Å². The number of amides is 1. The van der Waals surface area contributed by atoms with Crippen molar-refractivity contribution in [1.82, 2.24) is 14.9 Å². The molecular formula is C34H39BClN3O4. The summed E-state index contributed by atoms with van der Waals surface area (Å²) >= 11 is 6.63. The summed E-state index contributed by atoms with van der Waals surface area (Å²) in [4.78, 5) is 22.6. The van der Waals surface area contributed by atoms with Crippen LogP contribution in [-0.2, 0) is 14.0 Å². The van der Waals surface area contributed by atoms with Crippen LogP contribution >= 0.6 is 11.6 Å². The molecule has 4 aromatic rings. The Hall–Kier alpha value is -3.33. The maximum Gasteiger partial charge on any atom is 0.494 e. The molecule has 7 nitrogen and oxygen atoms in total. The summed E-state index contributed by atoms with van der Waals surface area (Å²) < 4.78 is 18.1. The van der Waals surface area contributed by atoms with Crippen LogP contribution in [0.4, 0.5) is 4.79 Å². The highest BCUT2D eigenvalue weighted by Crippen LogP contribution is 2.38. The summed E-state index contributed by atoms with van der Waals surface area (Å²) in [6.07, 6.45) is 1.37. The second-order valence-corrected chi connectivity index (χ2v) is 14.0. The Bertz CT molecular complexity index is 1660. The summed E-state index contributed by atoms with van der Waals surface area (Å²) in [5.74, 6) is 0.682. The van der Waals surface area contributed by atoms with Crippen molar-refractivity contribution in [1.29, 1.82) is 0 Å². The number of nitrogens with zero attached hydrogens (tertiary/aromatic N) is 2. The van der Waals surface area contributed by atoms with E-state index < -0.39 is 5.60 Å². The van der Waals surface area contributed by atoms with E-state index in [1.54, 1.807) is 4.90 Å². The quantitative estimate of drug-likeness (QED) is 0.241. The Morgan fingerprint density at radius 2 is 1.56 bits per heavy atom. The molecule has 1 atom stereocenters. The lowest BCUT2D eigenvalue weighted by Crippen LogP contribution is -2.41. The van der Waals surface area contributed by atoms with E-state index in [0.717, 1.165) is 45.8 Å². The third-order valence-corrected chi connectivity index (χ3v) is 9.03. The molecular weight excluding hydrogens is 561 g/mol. The number of carbonyl (C=O) groups is 1. The number of fused-ring (bicyclic) bond motifs is 1. The first-order chi connectivity index (χ1) is 20.2. The molecule has 0 spiro atoms. The molecule has 3 aromatic carbocycles. The van der Waals surface area contributed by atoms with Crippen LogP contribution in [-0.4, -0.2) is 51.4 Å². The number of hydrogen-bond donors (Lipinski definition) is 1. The normalized spacial score (nSPS) is 19.8. The van der Waals surface area contributed by atoms with Crippen molar-refractivity contribution in [2.45, 2.75) is 84.2 Å². The molecule has 2 saturated heterocycles. The standard InChI is InChI=1S/C34H39BClN3O4/c1-32(2,3)41-31(40)39-18-8-9-27(39)30-37-28(29(36)38-30)22-12-10-21(11-13-22)23-14-15-25-20-26(17-16-24(25)19-23)35-42-33(4,5)34(6,7)43-35/h10-17,19-20,27H,8-9,18H2,1-7H3,(H,37,38)/t27-/m0/s1. The van der Waals surface area contributed by atoms with E-state index in [9.17, 15) is 4.79 Å². The van der Waals surface area contributed by atoms with Crippen LogP contribution < -0.4 is 5.46 Å². The highest BCUT2D eigenvalue weighted by atomic mass is 35.5. The van der Waals surface area contributed by atoms with Gasteiger partial charge in [-0.05, 0) is 94.7 Å². The number of imidazole rings is 1. The first-order valence-corrected chi connectivity index (χ1v) is 15.3. The predicted molar refractivity (Wildman–Crippen MR) is 173 cm³/mol. The van der Waals surface area contributed by atoms with E-state index in [4.69, 9.17) is 30.6 Å². The number of ether oxygens (including phenoxy) is 1. The molecule has 1 aromatic heterocycles. The van der Waals surface area contributed by atoms with Gasteiger partial charge in [-0.1, -0.05) is 66.2 Å². The number of nitrogens with one attached hydrogen (secondary N) is 1. The minimum absolute atomic E-state index is 0.191. The summed E-state index contributed by atoms with van der Waals surface area (Å²) in [5.41, 5.74) is 3.52. The van der Waals surface area contributed by atoms with Gasteiger partial charge < -0.3 is 19.0 Å². The van der Waals surface area contributed by atoms with Crippen LogP contribution in [0.3, 0.4) is 0 Å². The fourth-order valence-electron chi connectivity index (χ4n) is 5.70. The molecule has 2 aliphatic heterocycles. The van der Waals surface area contributed by atoms with E-state index in [-0.39, 0.29) is 30.5 Å². The number of aromatic nitrogens is 2. The monoisotopic (exact) mass is 599 g/mol. The van der Waals surface area contributed by atoms with E-state index in [1.165, 1.54) is 0 Å². The summed E-state index contributed by atoms with van der Waals surface area (Å²) in [7, 11) is -0.384. The summed E-state index contributed by atoms with van der Waals surface area (Å²) in [6.45, 7) is 14.5. The molecule has 43 heavy (non-hydrogen) atoms. The largest absolute Gasteiger partial charge is 0.494 e. The number of aromatic amines is 1. The third-order valence-electron chi connectivity index (χ3n) is 8.76. The van der Waals surface area contributed by atoms with Gasteiger partial charge in [0.05, 0.1) is 17.2 Å². The number of benzene rings is 3. The predicted octanol–water partition coefficient (Wildman–Crippen LogP) is 7.92. The van der Waals surface area contributed by atoms with Crippen LogP contribution in [0.5, 0.6) is 0 Å². The lowest BCUT2D eigenvalue weighted by molar-refractivity contribution is 0.00578. The average Bonchev–Trinajstić information content (AvgIpc) is 3.63. The molecule has 6 rings (SSSR count). The van der Waals surface area contributed by atoms with Crippen molar-refractivity contribution in [3.63, 3.8) is 0 Å². The highest BCUT2D eigenvalue weighted by Gasteiger charge is 2.51. The van der Waals surface area contributed by atoms with Gasteiger partial charge >= 0.3 is 13.2 Å². The molecule has 0 unspecified atom stereocenters. The topological polar surface area (TPSA) is 76.7 Å². The number of rotatable bonds is 4. The van der Waals surface area contributed by atoms with Crippen LogP contribution in [0.15, 0.2) is 60.7 Å². The molecule has 224 valence electrons. The summed E-state index contributed by atoms with van der Waals surface area (Å²) in [5, 5.41) is 2.74. The molecule has 0 bridgehead atoms. The van der Waals surface area contributed by atoms with Crippen LogP contribution in [0.1, 0.15) is 73.2 Å². The number of H-pyrrole nitrogens is 1. The smallest absolute Gasteiger partial charge is 0.444 e. The number of likely N-dealkylation sites (tertiary alicyclic amines) is 1. The van der Waals surface area contributed by atoms with Crippen LogP contribution in [0, 0.1) is 0 Å². The molecule has 2 fully saturated rings. The van der Waals surface area contributed by atoms with Gasteiger partial charge in [-0.3, -0.25) is 4.90 Å². The lowest BCUT2D eigenvalue weighted by Gasteiger charge is -2.32. The zero-order valence-electron chi connectivity index (χ0n) is 26.0. The molecule has 9 heteroatoms. The van der Waals surface area contributed by atoms with E-state index in [1.807, 2.05) is 32.9 Å². The van der Waals surface area contributed by atoms with Gasteiger partial charge in [0.15, 0.2) is 0 Å². The summed E-state index contributed by atoms with van der Waals surface area (Å²) in [6, 6.07) is 20.9. The van der Waals surface area contributed by atoms with Crippen LogP contribution in [0.25, 0.3) is 33.2 Å². The van der Waals surface area contributed by atoms with Gasteiger partial charge in [0, 0.05) is 12.1 Å². The van der Waals surface area contributed by atoms with Crippen molar-refractivity contribution in [2.24, 2.45) is 0 Å². The Kier molecular flexibility index (Phi) is 7.39. The Labute approximate surface area is 259 Å². The minimum atomic E-state index is -0.555. The molecule has 0 radical (unpaired) electrons. The van der Waals surface area contributed by atoms with E-state index in [0.29, 0.717) is 23.2 Å². The third kappa shape index (κ3) is 5.80. The zero-order valence-corrected chi connectivity index (χ0v) is 26.7. The van der Waals surface area contributed by atoms with Crippen molar-refractivity contribution >= 4 is 41.0 Å². The minimum Gasteiger partial charge on any atom is -0.444 e. The molecule has 1 amide bonds. The Balaban J connectivity index is 1.20. The van der Waals surface area contributed by atoms with Crippen molar-refractivity contribution in [2.75, 3.05) is 6.54 Å². The maximum atomic E-state index is 12.8. The molecule has 0 aliphatic carbocycles. The van der Waals surface area contributed by atoms with Crippen molar-refractivity contribution in [3.8, 4) is 22.4 Å². The number of halogens is 1. The SMILES string of the molecule is CC(C)(C)OC(=O)N1CCC[C@H]1c1nc(-c2ccc(-c3ccc4cc(B5OC(C)(C)C(C)(C)O5)ccc4c3)cc2)c(Cl)[nH]1. The lowest BCUT2D eigenvalue weighted by atomic mass is 9.78. The van der Waals surface area contributed by atoms with Gasteiger partial charge in [0.1, 0.15) is 22.3 Å². The first-order valence-electron chi connectivity index (χ1n) is 15.0. The van der Waals surface area contributed by atoms with Crippen LogP contribution in [0.2, 0.25) is 5.15 Å². The second-order valence-electron chi connectivity index (χ2n) is 13.6. The fraction of sp³-hybridized carbons (Fsp3) is 0.412. The molecule has 3 heterocycles. The van der Waals surface area contributed by atoms with Gasteiger partial charge in [-0.15, -0.1) is 0 Å². The van der Waals surface area contributed by atoms with Gasteiger partial charge in [0.25, 0.3) is 0 Å². The van der Waals surface area contributed by atoms with E-state index in [2.05, 4.69) is 81.2 Å².